The van der Waals surface area contributed by atoms with E-state index in [-0.39, 0.29) is 0 Å². The van der Waals surface area contributed by atoms with E-state index in [1.165, 1.54) is 22.8 Å². The summed E-state index contributed by atoms with van der Waals surface area (Å²) >= 11 is 1.69. The molecule has 0 saturated heterocycles. The summed E-state index contributed by atoms with van der Waals surface area (Å²) in [7, 11) is 0. The molecule has 2 heterocycles. The van der Waals surface area contributed by atoms with Crippen molar-refractivity contribution >= 4 is 17.6 Å². The fraction of sp³-hybridized carbons (Fsp3) is 0.625. The molecule has 19 heavy (non-hydrogen) atoms. The van der Waals surface area contributed by atoms with Crippen molar-refractivity contribution in [1.82, 2.24) is 4.90 Å². The molecule has 0 bridgehead atoms. The quantitative estimate of drug-likeness (QED) is 0.755. The number of hydrogen-bond donors (Lipinski definition) is 0. The third-order valence-corrected chi connectivity index (χ3v) is 4.75. The van der Waals surface area contributed by atoms with Crippen LogP contribution in [0.4, 0.5) is 0 Å². The molecule has 0 saturated carbocycles. The molecular formula is C16H24NOS. The van der Waals surface area contributed by atoms with Crippen LogP contribution >= 0.6 is 11.3 Å². The maximum atomic E-state index is 11.0. The highest BCUT2D eigenvalue weighted by atomic mass is 32.1. The summed E-state index contributed by atoms with van der Waals surface area (Å²) in [5, 5.41) is 0. The van der Waals surface area contributed by atoms with Crippen LogP contribution in [0, 0.1) is 11.8 Å². The Labute approximate surface area is 120 Å². The van der Waals surface area contributed by atoms with Crippen molar-refractivity contribution in [3.05, 3.63) is 27.3 Å². The zero-order valence-electron chi connectivity index (χ0n) is 12.4. The first-order valence-corrected chi connectivity index (χ1v) is 7.93. The molecule has 1 aromatic rings. The maximum absolute atomic E-state index is 11.0. The van der Waals surface area contributed by atoms with Crippen molar-refractivity contribution in [2.24, 2.45) is 5.92 Å². The summed E-state index contributed by atoms with van der Waals surface area (Å²) in [6, 6.07) is 2.61. The minimum absolute atomic E-state index is 0.489. The van der Waals surface area contributed by atoms with Gasteiger partial charge in [-0.15, -0.1) is 11.3 Å². The Kier molecular flexibility index (Phi) is 4.80. The Morgan fingerprint density at radius 3 is 2.84 bits per heavy atom. The molecule has 1 aromatic heterocycles. The van der Waals surface area contributed by atoms with E-state index in [4.69, 9.17) is 0 Å². The van der Waals surface area contributed by atoms with E-state index in [2.05, 4.69) is 38.7 Å². The van der Waals surface area contributed by atoms with Crippen LogP contribution in [0.15, 0.2) is 6.07 Å². The Bertz CT molecular complexity index is 436. The third kappa shape index (κ3) is 3.46. The number of thiophene rings is 1. The fourth-order valence-electron chi connectivity index (χ4n) is 2.92. The van der Waals surface area contributed by atoms with E-state index in [9.17, 15) is 4.79 Å². The van der Waals surface area contributed by atoms with Crippen molar-refractivity contribution in [1.29, 1.82) is 0 Å². The topological polar surface area (TPSA) is 20.3 Å². The first kappa shape index (κ1) is 14.7. The summed E-state index contributed by atoms with van der Waals surface area (Å²) < 4.78 is 0. The number of rotatable bonds is 5. The lowest BCUT2D eigenvalue weighted by Crippen LogP contribution is -2.37. The number of carbonyl (C=O) groups is 1. The largest absolute Gasteiger partial charge is 0.297 e. The second kappa shape index (κ2) is 6.19. The Hall–Kier alpha value is -0.670. The Morgan fingerprint density at radius 1 is 1.53 bits per heavy atom. The second-order valence-corrected chi connectivity index (χ2v) is 7.39. The minimum Gasteiger partial charge on any atom is -0.297 e. The average molecular weight is 278 g/mol. The molecule has 1 aliphatic heterocycles. The van der Waals surface area contributed by atoms with Gasteiger partial charge in [0.25, 0.3) is 0 Å². The lowest BCUT2D eigenvalue weighted by Gasteiger charge is -2.37. The van der Waals surface area contributed by atoms with Gasteiger partial charge < -0.3 is 0 Å². The van der Waals surface area contributed by atoms with Crippen LogP contribution in [0.2, 0.25) is 0 Å². The fourth-order valence-corrected chi connectivity index (χ4v) is 3.94. The van der Waals surface area contributed by atoms with Gasteiger partial charge in [0.1, 0.15) is 0 Å². The normalized spacial score (nSPS) is 20.0. The van der Waals surface area contributed by atoms with Crippen LogP contribution in [-0.2, 0) is 6.42 Å². The zero-order valence-corrected chi connectivity index (χ0v) is 13.2. The van der Waals surface area contributed by atoms with Crippen LogP contribution in [0.5, 0.6) is 0 Å². The number of fused-ring (bicyclic) bond motifs is 1. The molecule has 0 N–H and O–H groups in total. The Morgan fingerprint density at radius 2 is 2.26 bits per heavy atom. The standard InChI is InChI=1S/C16H24NOS/c1-11(2)7-15-14-8-13(10-18)19-16(14)5-6-17(15)9-12(3)4/h8,10-11,15H,5-7,9H2,1-4H3. The Balaban J connectivity index is 2.27. The first-order valence-electron chi connectivity index (χ1n) is 7.12. The zero-order chi connectivity index (χ0) is 14.0. The van der Waals surface area contributed by atoms with Crippen molar-refractivity contribution in [3.8, 4) is 0 Å². The molecule has 0 aromatic carbocycles. The van der Waals surface area contributed by atoms with E-state index >= 15 is 0 Å². The van der Waals surface area contributed by atoms with E-state index < -0.39 is 0 Å². The highest BCUT2D eigenvalue weighted by Crippen LogP contribution is 2.38. The molecule has 0 amide bonds. The molecule has 0 fully saturated rings. The van der Waals surface area contributed by atoms with Gasteiger partial charge in [0.15, 0.2) is 6.29 Å². The van der Waals surface area contributed by atoms with Gasteiger partial charge in [-0.1, -0.05) is 27.7 Å². The van der Waals surface area contributed by atoms with Crippen LogP contribution in [0.25, 0.3) is 0 Å². The van der Waals surface area contributed by atoms with Crippen LogP contribution in [-0.4, -0.2) is 24.3 Å². The molecule has 2 nitrogen and oxygen atoms in total. The molecule has 1 radical (unpaired) electrons. The van der Waals surface area contributed by atoms with E-state index in [1.54, 1.807) is 11.3 Å². The highest BCUT2D eigenvalue weighted by Gasteiger charge is 2.30. The van der Waals surface area contributed by atoms with Crippen molar-refractivity contribution in [2.75, 3.05) is 13.1 Å². The van der Waals surface area contributed by atoms with Crippen molar-refractivity contribution < 1.29 is 4.79 Å². The van der Waals surface area contributed by atoms with Crippen molar-refractivity contribution in [2.45, 2.75) is 46.6 Å². The second-order valence-electron chi connectivity index (χ2n) is 6.22. The van der Waals surface area contributed by atoms with Gasteiger partial charge in [-0.05, 0) is 36.3 Å². The number of nitrogens with zero attached hydrogens (tertiary/aromatic N) is 1. The van der Waals surface area contributed by atoms with Gasteiger partial charge in [-0.3, -0.25) is 9.69 Å². The number of hydrogen-bond acceptors (Lipinski definition) is 3. The molecular weight excluding hydrogens is 254 g/mol. The van der Waals surface area contributed by atoms with Crippen molar-refractivity contribution in [3.63, 3.8) is 0 Å². The molecule has 0 spiro atoms. The summed E-state index contributed by atoms with van der Waals surface area (Å²) in [5.74, 6) is 2.14. The SMILES string of the molecule is C[C](C)CN1CCc2sc(C=O)cc2C1CC(C)C. The summed E-state index contributed by atoms with van der Waals surface area (Å²) in [5.41, 5.74) is 1.41. The smallest absolute Gasteiger partial charge is 0.160 e. The van der Waals surface area contributed by atoms with E-state index in [0.29, 0.717) is 12.0 Å². The predicted octanol–water partition coefficient (Wildman–Crippen LogP) is 4.12. The minimum atomic E-state index is 0.489. The first-order chi connectivity index (χ1) is 9.01. The highest BCUT2D eigenvalue weighted by molar-refractivity contribution is 7.13. The average Bonchev–Trinajstić information content (AvgIpc) is 2.74. The van der Waals surface area contributed by atoms with Gasteiger partial charge in [0, 0.05) is 24.0 Å². The summed E-state index contributed by atoms with van der Waals surface area (Å²) in [4.78, 5) is 15.9. The number of carbonyl (C=O) groups excluding carboxylic acids is 1. The van der Waals surface area contributed by atoms with Gasteiger partial charge in [0.2, 0.25) is 0 Å². The summed E-state index contributed by atoms with van der Waals surface area (Å²) in [6.07, 6.45) is 3.27. The van der Waals surface area contributed by atoms with Gasteiger partial charge in [-0.2, -0.15) is 0 Å². The lowest BCUT2D eigenvalue weighted by molar-refractivity contribution is 0.112. The van der Waals surface area contributed by atoms with Gasteiger partial charge in [0.05, 0.1) is 4.88 Å². The molecule has 0 aliphatic carbocycles. The monoisotopic (exact) mass is 278 g/mol. The summed E-state index contributed by atoms with van der Waals surface area (Å²) in [6.45, 7) is 11.2. The molecule has 3 heteroatoms. The van der Waals surface area contributed by atoms with Gasteiger partial charge >= 0.3 is 0 Å². The predicted molar refractivity (Wildman–Crippen MR) is 81.8 cm³/mol. The molecule has 2 rings (SSSR count). The van der Waals surface area contributed by atoms with E-state index in [0.717, 1.165) is 30.7 Å². The lowest BCUT2D eigenvalue weighted by atomic mass is 9.91. The van der Waals surface area contributed by atoms with Gasteiger partial charge in [-0.25, -0.2) is 0 Å². The molecule has 1 atom stereocenters. The molecule has 1 unspecified atom stereocenters. The number of aldehydes is 1. The van der Waals surface area contributed by atoms with E-state index in [1.807, 2.05) is 0 Å². The third-order valence-electron chi connectivity index (χ3n) is 3.62. The molecule has 1 aliphatic rings. The molecule has 105 valence electrons. The maximum Gasteiger partial charge on any atom is 0.160 e. The van der Waals surface area contributed by atoms with Crippen LogP contribution < -0.4 is 0 Å². The van der Waals surface area contributed by atoms with Crippen LogP contribution in [0.1, 0.15) is 60.3 Å². The van der Waals surface area contributed by atoms with Crippen LogP contribution in [0.3, 0.4) is 0 Å².